The predicted octanol–water partition coefficient (Wildman–Crippen LogP) is 3.98. The Bertz CT molecular complexity index is 527. The molecule has 1 nitrogen and oxygen atoms in total. The van der Waals surface area contributed by atoms with Crippen molar-refractivity contribution in [1.29, 1.82) is 0 Å². The van der Waals surface area contributed by atoms with E-state index >= 15 is 0 Å². The van der Waals surface area contributed by atoms with E-state index in [0.717, 1.165) is 11.4 Å². The summed E-state index contributed by atoms with van der Waals surface area (Å²) in [5.74, 6) is 0. The third-order valence-corrected chi connectivity index (χ3v) is 3.01. The number of aromatic nitrogens is 1. The minimum Gasteiger partial charge on any atom is -0.253 e. The number of hydrogen-bond acceptors (Lipinski definition) is 1. The second-order valence-corrected chi connectivity index (χ2v) is 4.42. The van der Waals surface area contributed by atoms with E-state index in [2.05, 4.69) is 63.0 Å². The lowest BCUT2D eigenvalue weighted by Crippen LogP contribution is -1.92. The van der Waals surface area contributed by atoms with Crippen LogP contribution < -0.4 is 0 Å². The number of aryl methyl sites for hydroxylation is 4. The van der Waals surface area contributed by atoms with Crippen molar-refractivity contribution in [2.24, 2.45) is 0 Å². The van der Waals surface area contributed by atoms with Gasteiger partial charge in [-0.1, -0.05) is 29.8 Å². The highest BCUT2D eigenvalue weighted by atomic mass is 14.7. The van der Waals surface area contributed by atoms with Crippen molar-refractivity contribution in [3.8, 4) is 11.3 Å². The summed E-state index contributed by atoms with van der Waals surface area (Å²) in [7, 11) is 0. The van der Waals surface area contributed by atoms with Gasteiger partial charge in [-0.3, -0.25) is 4.98 Å². The van der Waals surface area contributed by atoms with Gasteiger partial charge in [0, 0.05) is 11.3 Å². The first-order valence-electron chi connectivity index (χ1n) is 5.60. The molecular weight excluding hydrogens is 194 g/mol. The molecule has 0 radical (unpaired) electrons. The summed E-state index contributed by atoms with van der Waals surface area (Å²) < 4.78 is 0. The molecule has 0 unspecified atom stereocenters. The predicted molar refractivity (Wildman–Crippen MR) is 68.6 cm³/mol. The van der Waals surface area contributed by atoms with Crippen molar-refractivity contribution in [1.82, 2.24) is 4.98 Å². The van der Waals surface area contributed by atoms with Crippen molar-refractivity contribution < 1.29 is 0 Å². The molecule has 1 heteroatoms. The lowest BCUT2D eigenvalue weighted by molar-refractivity contribution is 1.15. The van der Waals surface area contributed by atoms with Gasteiger partial charge in [-0.2, -0.15) is 0 Å². The summed E-state index contributed by atoms with van der Waals surface area (Å²) >= 11 is 0. The monoisotopic (exact) mass is 211 g/mol. The average Bonchev–Trinajstić information content (AvgIpc) is 2.22. The number of benzene rings is 1. The minimum atomic E-state index is 1.07. The molecule has 0 saturated carbocycles. The van der Waals surface area contributed by atoms with Crippen molar-refractivity contribution in [2.45, 2.75) is 27.7 Å². The fraction of sp³-hybridized carbons (Fsp3) is 0.267. The Labute approximate surface area is 97.2 Å². The van der Waals surface area contributed by atoms with Crippen molar-refractivity contribution in [3.05, 3.63) is 52.7 Å². The molecule has 0 aliphatic heterocycles. The highest BCUT2D eigenvalue weighted by Gasteiger charge is 2.04. The van der Waals surface area contributed by atoms with Gasteiger partial charge in [0.05, 0.1) is 5.69 Å². The van der Waals surface area contributed by atoms with Gasteiger partial charge in [-0.05, 0) is 44.9 Å². The van der Waals surface area contributed by atoms with E-state index in [0.29, 0.717) is 0 Å². The van der Waals surface area contributed by atoms with Crippen LogP contribution in [0.15, 0.2) is 30.3 Å². The zero-order chi connectivity index (χ0) is 11.7. The second kappa shape index (κ2) is 4.09. The highest BCUT2D eigenvalue weighted by Crippen LogP contribution is 2.23. The quantitative estimate of drug-likeness (QED) is 0.695. The number of nitrogens with zero attached hydrogens (tertiary/aromatic N) is 1. The SMILES string of the molecule is Cc1ccc(-c2ccc(C)c(C)n2)c(C)c1. The lowest BCUT2D eigenvalue weighted by Gasteiger charge is -2.08. The molecule has 1 heterocycles. The van der Waals surface area contributed by atoms with Gasteiger partial charge in [0.2, 0.25) is 0 Å². The fourth-order valence-corrected chi connectivity index (χ4v) is 1.88. The lowest BCUT2D eigenvalue weighted by atomic mass is 10.0. The normalized spacial score (nSPS) is 10.5. The van der Waals surface area contributed by atoms with Crippen LogP contribution in [0.1, 0.15) is 22.4 Å². The Hall–Kier alpha value is -1.63. The highest BCUT2D eigenvalue weighted by molar-refractivity contribution is 5.64. The van der Waals surface area contributed by atoms with E-state index in [1.165, 1.54) is 22.3 Å². The van der Waals surface area contributed by atoms with Crippen molar-refractivity contribution in [3.63, 3.8) is 0 Å². The van der Waals surface area contributed by atoms with E-state index in [1.54, 1.807) is 0 Å². The molecule has 0 N–H and O–H groups in total. The van der Waals surface area contributed by atoms with E-state index < -0.39 is 0 Å². The van der Waals surface area contributed by atoms with Gasteiger partial charge in [0.15, 0.2) is 0 Å². The molecule has 0 spiro atoms. The van der Waals surface area contributed by atoms with Gasteiger partial charge < -0.3 is 0 Å². The molecule has 0 amide bonds. The van der Waals surface area contributed by atoms with E-state index in [9.17, 15) is 0 Å². The molecule has 1 aromatic heterocycles. The first kappa shape index (κ1) is 10.9. The molecule has 0 aliphatic rings. The molecule has 0 aliphatic carbocycles. The van der Waals surface area contributed by atoms with Gasteiger partial charge in [-0.15, -0.1) is 0 Å². The van der Waals surface area contributed by atoms with Crippen LogP contribution in [0, 0.1) is 27.7 Å². The van der Waals surface area contributed by atoms with Gasteiger partial charge in [-0.25, -0.2) is 0 Å². The maximum Gasteiger partial charge on any atom is 0.0708 e. The van der Waals surface area contributed by atoms with E-state index in [4.69, 9.17) is 0 Å². The van der Waals surface area contributed by atoms with Crippen LogP contribution in [0.5, 0.6) is 0 Å². The molecule has 0 saturated heterocycles. The third kappa shape index (κ3) is 1.99. The Balaban J connectivity index is 2.54. The minimum absolute atomic E-state index is 1.07. The topological polar surface area (TPSA) is 12.9 Å². The summed E-state index contributed by atoms with van der Waals surface area (Å²) in [6, 6.07) is 10.7. The largest absolute Gasteiger partial charge is 0.253 e. The van der Waals surface area contributed by atoms with Gasteiger partial charge in [0.1, 0.15) is 0 Å². The number of pyridine rings is 1. The first-order valence-corrected chi connectivity index (χ1v) is 5.60. The molecular formula is C15H17N. The maximum absolute atomic E-state index is 4.63. The van der Waals surface area contributed by atoms with Crippen molar-refractivity contribution in [2.75, 3.05) is 0 Å². The average molecular weight is 211 g/mol. The van der Waals surface area contributed by atoms with Gasteiger partial charge >= 0.3 is 0 Å². The fourth-order valence-electron chi connectivity index (χ4n) is 1.88. The summed E-state index contributed by atoms with van der Waals surface area (Å²) in [4.78, 5) is 4.63. The van der Waals surface area contributed by atoms with Crippen LogP contribution >= 0.6 is 0 Å². The molecule has 0 bridgehead atoms. The smallest absolute Gasteiger partial charge is 0.0708 e. The molecule has 0 atom stereocenters. The molecule has 2 rings (SSSR count). The third-order valence-electron chi connectivity index (χ3n) is 3.01. The summed E-state index contributed by atoms with van der Waals surface area (Å²) in [6.07, 6.45) is 0. The van der Waals surface area contributed by atoms with Crippen LogP contribution in [0.25, 0.3) is 11.3 Å². The standard InChI is InChI=1S/C15H17N/c1-10-5-7-14(12(3)9-10)15-8-6-11(2)13(4)16-15/h5-9H,1-4H3. The van der Waals surface area contributed by atoms with Crippen LogP contribution in [0.3, 0.4) is 0 Å². The van der Waals surface area contributed by atoms with Crippen LogP contribution in [-0.2, 0) is 0 Å². The van der Waals surface area contributed by atoms with E-state index in [-0.39, 0.29) is 0 Å². The summed E-state index contributed by atoms with van der Waals surface area (Å²) in [6.45, 7) is 8.40. The zero-order valence-electron chi connectivity index (χ0n) is 10.3. The number of rotatable bonds is 1. The van der Waals surface area contributed by atoms with Gasteiger partial charge in [0.25, 0.3) is 0 Å². The summed E-state index contributed by atoms with van der Waals surface area (Å²) in [5, 5.41) is 0. The molecule has 0 fully saturated rings. The second-order valence-electron chi connectivity index (χ2n) is 4.42. The van der Waals surface area contributed by atoms with E-state index in [1.807, 2.05) is 0 Å². The Morgan fingerprint density at radius 1 is 0.812 bits per heavy atom. The molecule has 16 heavy (non-hydrogen) atoms. The van der Waals surface area contributed by atoms with Crippen LogP contribution in [0.4, 0.5) is 0 Å². The Morgan fingerprint density at radius 3 is 2.19 bits per heavy atom. The summed E-state index contributed by atoms with van der Waals surface area (Å²) in [5.41, 5.74) is 7.24. The Kier molecular flexibility index (Phi) is 2.78. The number of hydrogen-bond donors (Lipinski definition) is 0. The molecule has 82 valence electrons. The Morgan fingerprint density at radius 2 is 1.56 bits per heavy atom. The van der Waals surface area contributed by atoms with Crippen LogP contribution in [-0.4, -0.2) is 4.98 Å². The zero-order valence-corrected chi connectivity index (χ0v) is 10.3. The molecule has 1 aromatic carbocycles. The van der Waals surface area contributed by atoms with Crippen LogP contribution in [0.2, 0.25) is 0 Å². The maximum atomic E-state index is 4.63. The molecule has 2 aromatic rings. The first-order chi connectivity index (χ1) is 7.58. The van der Waals surface area contributed by atoms with Crippen molar-refractivity contribution >= 4 is 0 Å².